The first-order valence-corrected chi connectivity index (χ1v) is 10.3. The van der Waals surface area contributed by atoms with Crippen molar-refractivity contribution in [3.05, 3.63) is 39.4 Å². The van der Waals surface area contributed by atoms with Gasteiger partial charge in [0.2, 0.25) is 5.91 Å². The quantitative estimate of drug-likeness (QED) is 0.477. The first kappa shape index (κ1) is 18.3. The molecular formula is C21H23N3O5. The van der Waals surface area contributed by atoms with Crippen molar-refractivity contribution in [3.8, 4) is 0 Å². The van der Waals surface area contributed by atoms with E-state index in [-0.39, 0.29) is 22.6 Å². The summed E-state index contributed by atoms with van der Waals surface area (Å²) in [7, 11) is 0. The predicted octanol–water partition coefficient (Wildman–Crippen LogP) is 2.66. The lowest BCUT2D eigenvalue weighted by atomic mass is 9.53. The number of hydrogen-bond donors (Lipinski definition) is 1. The van der Waals surface area contributed by atoms with Crippen molar-refractivity contribution in [1.82, 2.24) is 10.2 Å². The number of amides is 3. The smallest absolute Gasteiger partial charge is 0.282 e. The van der Waals surface area contributed by atoms with Gasteiger partial charge in [-0.15, -0.1) is 0 Å². The number of fused-ring (bicyclic) bond motifs is 1. The molecule has 3 amide bonds. The summed E-state index contributed by atoms with van der Waals surface area (Å²) in [5, 5.41) is 14.5. The molecule has 1 N–H and O–H groups in total. The summed E-state index contributed by atoms with van der Waals surface area (Å²) < 4.78 is 0. The monoisotopic (exact) mass is 397 g/mol. The van der Waals surface area contributed by atoms with E-state index in [2.05, 4.69) is 5.32 Å². The summed E-state index contributed by atoms with van der Waals surface area (Å²) >= 11 is 0. The van der Waals surface area contributed by atoms with Gasteiger partial charge in [0.05, 0.1) is 10.5 Å². The molecule has 4 saturated carbocycles. The number of imide groups is 1. The summed E-state index contributed by atoms with van der Waals surface area (Å²) in [6.45, 7) is 1.52. The standard InChI is InChI=1S/C21H23N3O5/c1-11(18(25)22-21-8-12-5-13(9-21)7-14(6-12)10-21)23-19(26)15-3-2-4-16(24(28)29)17(15)20(23)27/h2-4,11-14H,5-10H2,1H3,(H,22,25)/t11-,12?,13?,14?,21?/m1/s1. The van der Waals surface area contributed by atoms with E-state index in [0.717, 1.165) is 24.2 Å². The number of carbonyl (C=O) groups is 3. The number of nitrogens with zero attached hydrogens (tertiary/aromatic N) is 2. The minimum Gasteiger partial charge on any atom is -0.349 e. The van der Waals surface area contributed by atoms with Crippen LogP contribution in [0.5, 0.6) is 0 Å². The van der Waals surface area contributed by atoms with Gasteiger partial charge in [0, 0.05) is 11.6 Å². The van der Waals surface area contributed by atoms with Gasteiger partial charge in [-0.1, -0.05) is 6.07 Å². The van der Waals surface area contributed by atoms with E-state index in [1.165, 1.54) is 44.4 Å². The number of benzene rings is 1. The highest BCUT2D eigenvalue weighted by Gasteiger charge is 2.53. The SMILES string of the molecule is C[C@H](C(=O)NC12CC3CC(CC(C3)C1)C2)N1C(=O)c2cccc([N+](=O)[O-])c2C1=O. The third-order valence-electron chi connectivity index (χ3n) is 7.31. The Balaban J connectivity index is 1.38. The summed E-state index contributed by atoms with van der Waals surface area (Å²) in [5.74, 6) is 0.174. The third kappa shape index (κ3) is 2.68. The van der Waals surface area contributed by atoms with Gasteiger partial charge in [-0.2, -0.15) is 0 Å². The highest BCUT2D eigenvalue weighted by Crippen LogP contribution is 2.55. The minimum absolute atomic E-state index is 0.0151. The molecule has 5 aliphatic rings. The second kappa shape index (κ2) is 6.11. The predicted molar refractivity (Wildman–Crippen MR) is 102 cm³/mol. The Labute approximate surface area is 167 Å². The average Bonchev–Trinajstić information content (AvgIpc) is 2.90. The minimum atomic E-state index is -1.02. The fourth-order valence-corrected chi connectivity index (χ4v) is 6.54. The molecule has 1 aromatic carbocycles. The Bertz CT molecular complexity index is 920. The van der Waals surface area contributed by atoms with Gasteiger partial charge in [0.25, 0.3) is 17.5 Å². The summed E-state index contributed by atoms with van der Waals surface area (Å²) in [4.78, 5) is 50.2. The van der Waals surface area contributed by atoms with Crippen molar-refractivity contribution in [2.45, 2.75) is 57.0 Å². The van der Waals surface area contributed by atoms with E-state index in [1.807, 2.05) is 0 Å². The third-order valence-corrected chi connectivity index (χ3v) is 7.31. The second-order valence-corrected chi connectivity index (χ2v) is 9.30. The highest BCUT2D eigenvalue weighted by molar-refractivity contribution is 6.24. The molecule has 0 radical (unpaired) electrons. The van der Waals surface area contributed by atoms with Gasteiger partial charge in [-0.05, 0) is 69.3 Å². The second-order valence-electron chi connectivity index (χ2n) is 9.30. The molecule has 1 aliphatic heterocycles. The molecule has 1 atom stereocenters. The van der Waals surface area contributed by atoms with Gasteiger partial charge in [0.15, 0.2) is 0 Å². The van der Waals surface area contributed by atoms with Crippen LogP contribution >= 0.6 is 0 Å². The molecule has 1 heterocycles. The number of carbonyl (C=O) groups excluding carboxylic acids is 3. The first-order chi connectivity index (χ1) is 13.8. The number of rotatable bonds is 4. The van der Waals surface area contributed by atoms with Gasteiger partial charge >= 0.3 is 0 Å². The zero-order valence-corrected chi connectivity index (χ0v) is 16.2. The molecule has 6 rings (SSSR count). The van der Waals surface area contributed by atoms with Crippen LogP contribution in [0.25, 0.3) is 0 Å². The van der Waals surface area contributed by atoms with Crippen molar-refractivity contribution >= 4 is 23.4 Å². The van der Waals surface area contributed by atoms with Crippen LogP contribution in [0.2, 0.25) is 0 Å². The molecule has 0 spiro atoms. The first-order valence-electron chi connectivity index (χ1n) is 10.3. The normalized spacial score (nSPS) is 33.0. The number of hydrogen-bond acceptors (Lipinski definition) is 5. The zero-order chi connectivity index (χ0) is 20.5. The Kier molecular flexibility index (Phi) is 3.85. The number of nitrogens with one attached hydrogen (secondary N) is 1. The number of nitro benzene ring substituents is 1. The van der Waals surface area contributed by atoms with E-state index >= 15 is 0 Å². The molecule has 4 fully saturated rings. The lowest BCUT2D eigenvalue weighted by molar-refractivity contribution is -0.385. The van der Waals surface area contributed by atoms with Crippen molar-refractivity contribution in [1.29, 1.82) is 0 Å². The maximum absolute atomic E-state index is 13.1. The van der Waals surface area contributed by atoms with Crippen LogP contribution in [0.15, 0.2) is 18.2 Å². The maximum Gasteiger partial charge on any atom is 0.282 e. The molecule has 0 saturated heterocycles. The molecule has 29 heavy (non-hydrogen) atoms. The van der Waals surface area contributed by atoms with Crippen molar-refractivity contribution in [2.24, 2.45) is 17.8 Å². The van der Waals surface area contributed by atoms with Crippen LogP contribution in [0.1, 0.15) is 66.2 Å². The van der Waals surface area contributed by atoms with Crippen LogP contribution in [0.4, 0.5) is 5.69 Å². The largest absolute Gasteiger partial charge is 0.349 e. The van der Waals surface area contributed by atoms with Crippen LogP contribution in [0, 0.1) is 27.9 Å². The molecule has 8 nitrogen and oxygen atoms in total. The summed E-state index contributed by atoms with van der Waals surface area (Å²) in [6.07, 6.45) is 6.62. The fraction of sp³-hybridized carbons (Fsp3) is 0.571. The van der Waals surface area contributed by atoms with E-state index in [9.17, 15) is 24.5 Å². The van der Waals surface area contributed by atoms with Crippen LogP contribution in [-0.4, -0.2) is 39.1 Å². The van der Waals surface area contributed by atoms with E-state index < -0.39 is 28.5 Å². The molecule has 152 valence electrons. The van der Waals surface area contributed by atoms with Gasteiger partial charge < -0.3 is 5.32 Å². The topological polar surface area (TPSA) is 110 Å². The summed E-state index contributed by atoms with van der Waals surface area (Å²) in [6, 6.07) is 2.96. The molecule has 4 aliphatic carbocycles. The molecule has 0 unspecified atom stereocenters. The van der Waals surface area contributed by atoms with Gasteiger partial charge in [0.1, 0.15) is 11.6 Å². The lowest BCUT2D eigenvalue weighted by Crippen LogP contribution is -2.62. The van der Waals surface area contributed by atoms with Crippen LogP contribution in [0.3, 0.4) is 0 Å². The van der Waals surface area contributed by atoms with E-state index in [4.69, 9.17) is 0 Å². The van der Waals surface area contributed by atoms with E-state index in [1.54, 1.807) is 0 Å². The molecule has 1 aromatic rings. The zero-order valence-electron chi connectivity index (χ0n) is 16.2. The number of nitro groups is 1. The van der Waals surface area contributed by atoms with E-state index in [0.29, 0.717) is 17.8 Å². The molecule has 0 aromatic heterocycles. The Morgan fingerprint density at radius 1 is 1.14 bits per heavy atom. The van der Waals surface area contributed by atoms with Gasteiger partial charge in [-0.3, -0.25) is 29.4 Å². The van der Waals surface area contributed by atoms with Crippen LogP contribution in [-0.2, 0) is 4.79 Å². The van der Waals surface area contributed by atoms with Crippen LogP contribution < -0.4 is 5.32 Å². The van der Waals surface area contributed by atoms with Crippen molar-refractivity contribution in [2.75, 3.05) is 0 Å². The molecular weight excluding hydrogens is 374 g/mol. The van der Waals surface area contributed by atoms with Crippen molar-refractivity contribution in [3.63, 3.8) is 0 Å². The molecule has 8 heteroatoms. The fourth-order valence-electron chi connectivity index (χ4n) is 6.54. The maximum atomic E-state index is 13.1. The Hall–Kier alpha value is -2.77. The summed E-state index contributed by atoms with van der Waals surface area (Å²) in [5.41, 5.74) is -0.877. The molecule has 4 bridgehead atoms. The average molecular weight is 397 g/mol. The van der Waals surface area contributed by atoms with Crippen molar-refractivity contribution < 1.29 is 19.3 Å². The Morgan fingerprint density at radius 3 is 2.28 bits per heavy atom. The lowest BCUT2D eigenvalue weighted by Gasteiger charge is -2.57. The highest BCUT2D eigenvalue weighted by atomic mass is 16.6. The Morgan fingerprint density at radius 2 is 1.72 bits per heavy atom. The van der Waals surface area contributed by atoms with Gasteiger partial charge in [-0.25, -0.2) is 0 Å².